The third-order valence-electron chi connectivity index (χ3n) is 3.06. The van der Waals surface area contributed by atoms with Gasteiger partial charge in [0.25, 0.3) is 5.91 Å². The Morgan fingerprint density at radius 1 is 1.09 bits per heavy atom. The zero-order valence-corrected chi connectivity index (χ0v) is 13.2. The van der Waals surface area contributed by atoms with E-state index < -0.39 is 0 Å². The molecule has 0 unspecified atom stereocenters. The summed E-state index contributed by atoms with van der Waals surface area (Å²) in [5.74, 6) is 0.0637. The van der Waals surface area contributed by atoms with Gasteiger partial charge < -0.3 is 0 Å². The summed E-state index contributed by atoms with van der Waals surface area (Å²) >= 11 is 3.34. The van der Waals surface area contributed by atoms with Gasteiger partial charge in [-0.2, -0.15) is 0 Å². The molecule has 0 radical (unpaired) electrons. The highest BCUT2D eigenvalue weighted by Gasteiger charge is 2.09. The van der Waals surface area contributed by atoms with E-state index in [-0.39, 0.29) is 5.91 Å². The maximum absolute atomic E-state index is 12.1. The van der Waals surface area contributed by atoms with Gasteiger partial charge in [-0.1, -0.05) is 46.3 Å². The van der Waals surface area contributed by atoms with Crippen LogP contribution in [0.5, 0.6) is 0 Å². The van der Waals surface area contributed by atoms with E-state index in [1.807, 2.05) is 42.5 Å². The number of hydrogen-bond donors (Lipinski definition) is 1. The fraction of sp³-hybridized carbons (Fsp3) is 0.0625. The number of carbonyl (C=O) groups is 1. The molecule has 3 aromatic rings. The smallest absolute Gasteiger partial charge is 0.258 e. The van der Waals surface area contributed by atoms with Gasteiger partial charge in [-0.3, -0.25) is 10.1 Å². The van der Waals surface area contributed by atoms with E-state index in [1.54, 1.807) is 23.1 Å². The van der Waals surface area contributed by atoms with E-state index in [4.69, 9.17) is 0 Å². The molecule has 1 N–H and O–H groups in total. The summed E-state index contributed by atoms with van der Waals surface area (Å²) in [6, 6.07) is 17.1. The lowest BCUT2D eigenvalue weighted by Gasteiger charge is -2.02. The molecule has 0 aliphatic carbocycles. The van der Waals surface area contributed by atoms with Crippen molar-refractivity contribution in [2.24, 2.45) is 0 Å². The summed E-state index contributed by atoms with van der Waals surface area (Å²) in [5, 5.41) is 6.94. The summed E-state index contributed by atoms with van der Waals surface area (Å²) in [7, 11) is 0. The molecule has 0 atom stereocenters. The van der Waals surface area contributed by atoms with Crippen LogP contribution in [0.1, 0.15) is 15.9 Å². The van der Waals surface area contributed by atoms with Crippen LogP contribution >= 0.6 is 15.9 Å². The number of halogens is 1. The van der Waals surface area contributed by atoms with Gasteiger partial charge in [0, 0.05) is 10.0 Å². The Kier molecular flexibility index (Phi) is 4.29. The Morgan fingerprint density at radius 3 is 2.55 bits per heavy atom. The number of rotatable bonds is 4. The number of nitrogens with one attached hydrogen (secondary N) is 1. The van der Waals surface area contributed by atoms with E-state index in [0.29, 0.717) is 18.1 Å². The molecule has 110 valence electrons. The van der Waals surface area contributed by atoms with Gasteiger partial charge >= 0.3 is 0 Å². The minimum atomic E-state index is -0.232. The molecule has 3 rings (SSSR count). The second-order valence-corrected chi connectivity index (χ2v) is 5.63. The summed E-state index contributed by atoms with van der Waals surface area (Å²) in [6.45, 7) is 0.613. The second-order valence-electron chi connectivity index (χ2n) is 4.71. The van der Waals surface area contributed by atoms with Gasteiger partial charge in [0.1, 0.15) is 6.33 Å². The van der Waals surface area contributed by atoms with Crippen molar-refractivity contribution in [3.8, 4) is 0 Å². The van der Waals surface area contributed by atoms with E-state index in [9.17, 15) is 4.79 Å². The predicted octanol–water partition coefficient (Wildman–Crippen LogP) is 3.34. The first-order chi connectivity index (χ1) is 10.7. The van der Waals surface area contributed by atoms with Crippen molar-refractivity contribution in [1.82, 2.24) is 14.8 Å². The Bertz CT molecular complexity index is 768. The minimum Gasteiger partial charge on any atom is -0.289 e. The van der Waals surface area contributed by atoms with Gasteiger partial charge in [0.2, 0.25) is 5.95 Å². The molecular formula is C16H13BrN4O. The second kappa shape index (κ2) is 6.53. The van der Waals surface area contributed by atoms with E-state index in [1.165, 1.54) is 0 Å². The number of carbonyl (C=O) groups excluding carboxylic acids is 1. The maximum atomic E-state index is 12.1. The predicted molar refractivity (Wildman–Crippen MR) is 87.7 cm³/mol. The van der Waals surface area contributed by atoms with Crippen LogP contribution in [-0.4, -0.2) is 20.7 Å². The van der Waals surface area contributed by atoms with E-state index >= 15 is 0 Å². The monoisotopic (exact) mass is 356 g/mol. The molecular weight excluding hydrogens is 344 g/mol. The van der Waals surface area contributed by atoms with Crippen LogP contribution in [0, 0.1) is 0 Å². The lowest BCUT2D eigenvalue weighted by atomic mass is 10.2. The fourth-order valence-electron chi connectivity index (χ4n) is 1.97. The molecule has 0 saturated carbocycles. The molecule has 0 fully saturated rings. The number of anilines is 1. The zero-order valence-electron chi connectivity index (χ0n) is 11.6. The van der Waals surface area contributed by atoms with Crippen LogP contribution in [-0.2, 0) is 6.54 Å². The molecule has 22 heavy (non-hydrogen) atoms. The standard InChI is InChI=1S/C16H13BrN4O/c17-14-8-6-13(7-9-14)15(22)19-16-18-11-21(20-16)10-12-4-2-1-3-5-12/h1-9,11H,10H2,(H,19,20,22). The number of nitrogens with zero attached hydrogens (tertiary/aromatic N) is 3. The lowest BCUT2D eigenvalue weighted by Crippen LogP contribution is -2.13. The Morgan fingerprint density at radius 2 is 1.82 bits per heavy atom. The van der Waals surface area contributed by atoms with Gasteiger partial charge in [0.15, 0.2) is 0 Å². The largest absolute Gasteiger partial charge is 0.289 e. The molecule has 1 amide bonds. The first kappa shape index (κ1) is 14.5. The summed E-state index contributed by atoms with van der Waals surface area (Å²) in [6.07, 6.45) is 1.60. The molecule has 1 heterocycles. The Balaban J connectivity index is 1.66. The highest BCUT2D eigenvalue weighted by atomic mass is 79.9. The topological polar surface area (TPSA) is 59.8 Å². The molecule has 0 bridgehead atoms. The quantitative estimate of drug-likeness (QED) is 0.779. The SMILES string of the molecule is O=C(Nc1ncn(Cc2ccccc2)n1)c1ccc(Br)cc1. The third-order valence-corrected chi connectivity index (χ3v) is 3.58. The van der Waals surface area contributed by atoms with Crippen LogP contribution < -0.4 is 5.32 Å². The Hall–Kier alpha value is -2.47. The average Bonchev–Trinajstić information content (AvgIpc) is 2.96. The van der Waals surface area contributed by atoms with Gasteiger partial charge in [-0.25, -0.2) is 9.67 Å². The normalized spacial score (nSPS) is 10.4. The van der Waals surface area contributed by atoms with Gasteiger partial charge in [-0.15, -0.1) is 5.10 Å². The first-order valence-electron chi connectivity index (χ1n) is 6.71. The minimum absolute atomic E-state index is 0.232. The number of aromatic nitrogens is 3. The molecule has 0 spiro atoms. The number of hydrogen-bond acceptors (Lipinski definition) is 3. The Labute approximate surface area is 136 Å². The molecule has 0 aliphatic heterocycles. The molecule has 0 saturated heterocycles. The van der Waals surface area contributed by atoms with Crippen LogP contribution in [0.3, 0.4) is 0 Å². The highest BCUT2D eigenvalue weighted by molar-refractivity contribution is 9.10. The van der Waals surface area contributed by atoms with E-state index in [0.717, 1.165) is 10.0 Å². The van der Waals surface area contributed by atoms with Crippen molar-refractivity contribution < 1.29 is 4.79 Å². The number of amides is 1. The summed E-state index contributed by atoms with van der Waals surface area (Å²) < 4.78 is 2.61. The van der Waals surface area contributed by atoms with Crippen molar-refractivity contribution >= 4 is 27.8 Å². The molecule has 6 heteroatoms. The molecule has 1 aromatic heterocycles. The van der Waals surface area contributed by atoms with E-state index in [2.05, 4.69) is 31.3 Å². The maximum Gasteiger partial charge on any atom is 0.258 e. The van der Waals surface area contributed by atoms with Gasteiger partial charge in [0.05, 0.1) is 6.54 Å². The third kappa shape index (κ3) is 3.59. The summed E-state index contributed by atoms with van der Waals surface area (Å²) in [4.78, 5) is 16.2. The van der Waals surface area contributed by atoms with Crippen molar-refractivity contribution in [3.05, 3.63) is 76.5 Å². The lowest BCUT2D eigenvalue weighted by molar-refractivity contribution is 0.102. The fourth-order valence-corrected chi connectivity index (χ4v) is 2.24. The van der Waals surface area contributed by atoms with Gasteiger partial charge in [-0.05, 0) is 29.8 Å². The number of benzene rings is 2. The molecule has 5 nitrogen and oxygen atoms in total. The molecule has 2 aromatic carbocycles. The van der Waals surface area contributed by atoms with Crippen LogP contribution in [0.4, 0.5) is 5.95 Å². The van der Waals surface area contributed by atoms with Crippen LogP contribution in [0.15, 0.2) is 65.4 Å². The van der Waals surface area contributed by atoms with Crippen molar-refractivity contribution in [3.63, 3.8) is 0 Å². The zero-order chi connectivity index (χ0) is 15.4. The van der Waals surface area contributed by atoms with Crippen LogP contribution in [0.2, 0.25) is 0 Å². The summed E-state index contributed by atoms with van der Waals surface area (Å²) in [5.41, 5.74) is 1.68. The first-order valence-corrected chi connectivity index (χ1v) is 7.50. The highest BCUT2D eigenvalue weighted by Crippen LogP contribution is 2.11. The van der Waals surface area contributed by atoms with Crippen LogP contribution in [0.25, 0.3) is 0 Å². The van der Waals surface area contributed by atoms with Crippen molar-refractivity contribution in [1.29, 1.82) is 0 Å². The average molecular weight is 357 g/mol. The van der Waals surface area contributed by atoms with Crippen molar-refractivity contribution in [2.45, 2.75) is 6.54 Å². The van der Waals surface area contributed by atoms with Crippen molar-refractivity contribution in [2.75, 3.05) is 5.32 Å². The molecule has 0 aliphatic rings.